The topological polar surface area (TPSA) is 29.9 Å². The Morgan fingerprint density at radius 1 is 0.900 bits per heavy atom. The van der Waals surface area contributed by atoms with E-state index in [-0.39, 0.29) is 0 Å². The Morgan fingerprint density at radius 2 is 1.50 bits per heavy atom. The molecular weight excluding hydrogens is 246 g/mol. The first-order chi connectivity index (χ1) is 9.75. The maximum atomic E-state index is 4.63. The van der Waals surface area contributed by atoms with Crippen LogP contribution in [0.15, 0.2) is 60.7 Å². The van der Waals surface area contributed by atoms with E-state index < -0.39 is 0 Å². The molecule has 1 N–H and O–H groups in total. The molecule has 1 aromatic heterocycles. The molecule has 3 heteroatoms. The molecule has 0 amide bonds. The summed E-state index contributed by atoms with van der Waals surface area (Å²) in [4.78, 5) is 0. The Bertz CT molecular complexity index is 700. The molecule has 0 aliphatic carbocycles. The van der Waals surface area contributed by atoms with Crippen molar-refractivity contribution in [3.8, 4) is 11.3 Å². The van der Waals surface area contributed by atoms with Gasteiger partial charge in [-0.1, -0.05) is 48.5 Å². The molecule has 0 aliphatic rings. The normalized spacial score (nSPS) is 10.5. The van der Waals surface area contributed by atoms with Gasteiger partial charge in [0.25, 0.3) is 0 Å². The molecule has 1 heterocycles. The second kappa shape index (κ2) is 5.21. The highest BCUT2D eigenvalue weighted by atomic mass is 15.3. The molecule has 3 rings (SSSR count). The van der Waals surface area contributed by atoms with Gasteiger partial charge in [0, 0.05) is 23.9 Å². The van der Waals surface area contributed by atoms with E-state index in [0.29, 0.717) is 0 Å². The van der Waals surface area contributed by atoms with Crippen LogP contribution in [0.2, 0.25) is 0 Å². The summed E-state index contributed by atoms with van der Waals surface area (Å²) in [6.07, 6.45) is 0. The molecule has 3 aromatic rings. The van der Waals surface area contributed by atoms with Crippen LogP contribution in [0.4, 0.5) is 11.5 Å². The average Bonchev–Trinajstić information content (AvgIpc) is 2.77. The van der Waals surface area contributed by atoms with Crippen molar-refractivity contribution in [1.82, 2.24) is 9.78 Å². The summed E-state index contributed by atoms with van der Waals surface area (Å²) in [5, 5.41) is 8.06. The number of para-hydroxylation sites is 1. The standard InChI is InChI=1S/C17H17N3/c1-13-16(14-9-5-3-6-10-14)19-20(2)17(13)18-15-11-7-4-8-12-15/h3-12,18H,1-2H3. The molecule has 0 fully saturated rings. The Morgan fingerprint density at radius 3 is 2.15 bits per heavy atom. The van der Waals surface area contributed by atoms with E-state index in [1.165, 1.54) is 0 Å². The summed E-state index contributed by atoms with van der Waals surface area (Å²) in [5.74, 6) is 1.02. The van der Waals surface area contributed by atoms with Crippen molar-refractivity contribution >= 4 is 11.5 Å². The van der Waals surface area contributed by atoms with Crippen LogP contribution in [0, 0.1) is 6.92 Å². The maximum absolute atomic E-state index is 4.63. The van der Waals surface area contributed by atoms with Crippen molar-refractivity contribution in [2.75, 3.05) is 5.32 Å². The van der Waals surface area contributed by atoms with Gasteiger partial charge in [-0.15, -0.1) is 0 Å². The maximum Gasteiger partial charge on any atom is 0.131 e. The van der Waals surface area contributed by atoms with Gasteiger partial charge in [0.05, 0.1) is 5.69 Å². The van der Waals surface area contributed by atoms with E-state index in [0.717, 1.165) is 28.3 Å². The minimum Gasteiger partial charge on any atom is -0.340 e. The van der Waals surface area contributed by atoms with Crippen molar-refractivity contribution in [1.29, 1.82) is 0 Å². The molecule has 0 aliphatic heterocycles. The van der Waals surface area contributed by atoms with E-state index in [2.05, 4.69) is 41.6 Å². The van der Waals surface area contributed by atoms with Crippen molar-refractivity contribution in [3.05, 3.63) is 66.2 Å². The third kappa shape index (κ3) is 2.30. The molecule has 20 heavy (non-hydrogen) atoms. The first-order valence-electron chi connectivity index (χ1n) is 6.67. The number of benzene rings is 2. The number of nitrogens with one attached hydrogen (secondary N) is 1. The summed E-state index contributed by atoms with van der Waals surface area (Å²) in [6.45, 7) is 2.10. The quantitative estimate of drug-likeness (QED) is 0.769. The number of anilines is 2. The Balaban J connectivity index is 1.99. The van der Waals surface area contributed by atoms with Crippen LogP contribution >= 0.6 is 0 Å². The minimum atomic E-state index is 1.02. The van der Waals surface area contributed by atoms with Crippen molar-refractivity contribution in [2.24, 2.45) is 7.05 Å². The highest BCUT2D eigenvalue weighted by molar-refractivity contribution is 5.71. The molecule has 3 nitrogen and oxygen atoms in total. The lowest BCUT2D eigenvalue weighted by atomic mass is 10.1. The molecule has 0 radical (unpaired) electrons. The van der Waals surface area contributed by atoms with Crippen LogP contribution in [-0.2, 0) is 7.05 Å². The van der Waals surface area contributed by atoms with Gasteiger partial charge in [0.1, 0.15) is 5.82 Å². The molecule has 0 saturated heterocycles. The van der Waals surface area contributed by atoms with Crippen molar-refractivity contribution < 1.29 is 0 Å². The minimum absolute atomic E-state index is 1.02. The fraction of sp³-hybridized carbons (Fsp3) is 0.118. The van der Waals surface area contributed by atoms with Crippen molar-refractivity contribution in [2.45, 2.75) is 6.92 Å². The van der Waals surface area contributed by atoms with Gasteiger partial charge in [-0.3, -0.25) is 4.68 Å². The van der Waals surface area contributed by atoms with E-state index in [1.54, 1.807) is 0 Å². The number of hydrogen-bond acceptors (Lipinski definition) is 2. The fourth-order valence-corrected chi connectivity index (χ4v) is 2.33. The molecule has 0 atom stereocenters. The zero-order valence-corrected chi connectivity index (χ0v) is 11.7. The first kappa shape index (κ1) is 12.5. The zero-order valence-electron chi connectivity index (χ0n) is 11.7. The lowest BCUT2D eigenvalue weighted by Gasteiger charge is -2.07. The summed E-state index contributed by atoms with van der Waals surface area (Å²) >= 11 is 0. The van der Waals surface area contributed by atoms with Crippen LogP contribution in [0.1, 0.15) is 5.56 Å². The van der Waals surface area contributed by atoms with Gasteiger partial charge in [0.2, 0.25) is 0 Å². The summed E-state index contributed by atoms with van der Waals surface area (Å²) < 4.78 is 1.89. The van der Waals surface area contributed by atoms with Crippen LogP contribution in [0.25, 0.3) is 11.3 Å². The first-order valence-corrected chi connectivity index (χ1v) is 6.67. The lowest BCUT2D eigenvalue weighted by Crippen LogP contribution is -1.99. The number of rotatable bonds is 3. The zero-order chi connectivity index (χ0) is 13.9. The van der Waals surface area contributed by atoms with Gasteiger partial charge >= 0.3 is 0 Å². The third-order valence-electron chi connectivity index (χ3n) is 3.37. The van der Waals surface area contributed by atoms with E-state index in [1.807, 2.05) is 48.1 Å². The lowest BCUT2D eigenvalue weighted by molar-refractivity contribution is 0.779. The largest absolute Gasteiger partial charge is 0.340 e. The number of hydrogen-bond donors (Lipinski definition) is 1. The Hall–Kier alpha value is -2.55. The Labute approximate surface area is 118 Å². The van der Waals surface area contributed by atoms with Crippen LogP contribution in [0.3, 0.4) is 0 Å². The predicted molar refractivity (Wildman–Crippen MR) is 83.1 cm³/mol. The van der Waals surface area contributed by atoms with Crippen LogP contribution in [-0.4, -0.2) is 9.78 Å². The summed E-state index contributed by atoms with van der Waals surface area (Å²) in [5.41, 5.74) is 4.38. The highest BCUT2D eigenvalue weighted by Crippen LogP contribution is 2.29. The Kier molecular flexibility index (Phi) is 3.25. The van der Waals surface area contributed by atoms with E-state index in [4.69, 9.17) is 0 Å². The number of nitrogens with zero attached hydrogens (tertiary/aromatic N) is 2. The van der Waals surface area contributed by atoms with E-state index in [9.17, 15) is 0 Å². The van der Waals surface area contributed by atoms with Crippen LogP contribution < -0.4 is 5.32 Å². The smallest absolute Gasteiger partial charge is 0.131 e. The van der Waals surface area contributed by atoms with Gasteiger partial charge < -0.3 is 5.32 Å². The molecule has 0 spiro atoms. The monoisotopic (exact) mass is 263 g/mol. The third-order valence-corrected chi connectivity index (χ3v) is 3.37. The summed E-state index contributed by atoms with van der Waals surface area (Å²) in [7, 11) is 1.96. The average molecular weight is 263 g/mol. The molecule has 100 valence electrons. The number of aryl methyl sites for hydroxylation is 1. The molecular formula is C17H17N3. The highest BCUT2D eigenvalue weighted by Gasteiger charge is 2.13. The van der Waals surface area contributed by atoms with E-state index >= 15 is 0 Å². The predicted octanol–water partition coefficient (Wildman–Crippen LogP) is 4.14. The number of aromatic nitrogens is 2. The molecule has 2 aromatic carbocycles. The van der Waals surface area contributed by atoms with Gasteiger partial charge in [-0.05, 0) is 19.1 Å². The van der Waals surface area contributed by atoms with Gasteiger partial charge in [-0.2, -0.15) is 5.10 Å². The SMILES string of the molecule is Cc1c(-c2ccccc2)nn(C)c1Nc1ccccc1. The van der Waals surface area contributed by atoms with Gasteiger partial charge in [0.15, 0.2) is 0 Å². The second-order valence-corrected chi connectivity index (χ2v) is 4.80. The fourth-order valence-electron chi connectivity index (χ4n) is 2.33. The molecule has 0 bridgehead atoms. The second-order valence-electron chi connectivity index (χ2n) is 4.80. The molecule has 0 unspecified atom stereocenters. The summed E-state index contributed by atoms with van der Waals surface area (Å²) in [6, 6.07) is 20.4. The molecule has 0 saturated carbocycles. The van der Waals surface area contributed by atoms with Crippen molar-refractivity contribution in [3.63, 3.8) is 0 Å². The van der Waals surface area contributed by atoms with Gasteiger partial charge in [-0.25, -0.2) is 0 Å². The van der Waals surface area contributed by atoms with Crippen LogP contribution in [0.5, 0.6) is 0 Å².